The van der Waals surface area contributed by atoms with Crippen molar-refractivity contribution in [3.05, 3.63) is 23.8 Å². The minimum absolute atomic E-state index is 0.141. The second kappa shape index (κ2) is 2.65. The maximum absolute atomic E-state index is 11.2. The molecule has 1 aliphatic heterocycles. The Hall–Kier alpha value is -1.71. The standard InChI is InChI=1S/C9H10N2O2/c1-5-7-4-6(10)2-3-8(7)13-11-9(5)12/h2-5H,10H2,1H3,(H,11,12). The maximum Gasteiger partial charge on any atom is 0.259 e. The summed E-state index contributed by atoms with van der Waals surface area (Å²) in [6, 6.07) is 5.25. The quantitative estimate of drug-likeness (QED) is 0.577. The van der Waals surface area contributed by atoms with Crippen LogP contribution in [0.15, 0.2) is 18.2 Å². The van der Waals surface area contributed by atoms with E-state index in [4.69, 9.17) is 10.6 Å². The van der Waals surface area contributed by atoms with Crippen molar-refractivity contribution in [2.45, 2.75) is 12.8 Å². The first kappa shape index (κ1) is 7.91. The first-order valence-corrected chi connectivity index (χ1v) is 4.04. The van der Waals surface area contributed by atoms with Gasteiger partial charge in [-0.2, -0.15) is 5.48 Å². The van der Waals surface area contributed by atoms with Gasteiger partial charge in [-0.05, 0) is 25.1 Å². The third kappa shape index (κ3) is 1.20. The van der Waals surface area contributed by atoms with Gasteiger partial charge in [-0.25, -0.2) is 0 Å². The zero-order chi connectivity index (χ0) is 9.42. The number of amides is 1. The topological polar surface area (TPSA) is 64.3 Å². The molecule has 0 aliphatic carbocycles. The maximum atomic E-state index is 11.2. The number of fused-ring (bicyclic) bond motifs is 1. The van der Waals surface area contributed by atoms with Crippen LogP contribution in [0.3, 0.4) is 0 Å². The third-order valence-corrected chi connectivity index (χ3v) is 2.16. The summed E-state index contributed by atoms with van der Waals surface area (Å²) < 4.78 is 0. The fourth-order valence-electron chi connectivity index (χ4n) is 1.33. The van der Waals surface area contributed by atoms with Crippen LogP contribution in [0.2, 0.25) is 0 Å². The van der Waals surface area contributed by atoms with E-state index in [1.165, 1.54) is 0 Å². The summed E-state index contributed by atoms with van der Waals surface area (Å²) in [4.78, 5) is 16.2. The summed E-state index contributed by atoms with van der Waals surface area (Å²) in [5.41, 5.74) is 9.41. The molecular formula is C9H10N2O2. The SMILES string of the molecule is CC1C(=O)NOc2ccc(N)cc21. The number of nitrogen functional groups attached to an aromatic ring is 1. The zero-order valence-corrected chi connectivity index (χ0v) is 7.20. The van der Waals surface area contributed by atoms with Crippen molar-refractivity contribution in [2.75, 3.05) is 5.73 Å². The summed E-state index contributed by atoms with van der Waals surface area (Å²) in [6.07, 6.45) is 0. The largest absolute Gasteiger partial charge is 0.399 e. The molecule has 1 heterocycles. The van der Waals surface area contributed by atoms with E-state index < -0.39 is 0 Å². The van der Waals surface area contributed by atoms with Gasteiger partial charge in [0.15, 0.2) is 5.75 Å². The van der Waals surface area contributed by atoms with Crippen LogP contribution in [-0.4, -0.2) is 5.91 Å². The van der Waals surface area contributed by atoms with Crippen LogP contribution < -0.4 is 16.1 Å². The third-order valence-electron chi connectivity index (χ3n) is 2.16. The monoisotopic (exact) mass is 178 g/mol. The number of hydrogen-bond acceptors (Lipinski definition) is 3. The van der Waals surface area contributed by atoms with Crippen LogP contribution in [0.5, 0.6) is 5.75 Å². The van der Waals surface area contributed by atoms with Crippen molar-refractivity contribution in [1.29, 1.82) is 0 Å². The predicted molar refractivity (Wildman–Crippen MR) is 48.0 cm³/mol. The lowest BCUT2D eigenvalue weighted by atomic mass is 9.98. The Balaban J connectivity index is 2.51. The van der Waals surface area contributed by atoms with Crippen LogP contribution in [-0.2, 0) is 4.79 Å². The van der Waals surface area contributed by atoms with Gasteiger partial charge in [0.1, 0.15) is 0 Å². The summed E-state index contributed by atoms with van der Waals surface area (Å²) in [5.74, 6) is 0.326. The van der Waals surface area contributed by atoms with Crippen LogP contribution in [0.4, 0.5) is 5.69 Å². The number of hydroxylamine groups is 1. The van der Waals surface area contributed by atoms with Gasteiger partial charge < -0.3 is 10.6 Å². The number of nitrogens with one attached hydrogen (secondary N) is 1. The molecular weight excluding hydrogens is 168 g/mol. The van der Waals surface area contributed by atoms with Crippen molar-refractivity contribution in [2.24, 2.45) is 0 Å². The van der Waals surface area contributed by atoms with Gasteiger partial charge in [-0.3, -0.25) is 4.79 Å². The molecule has 68 valence electrons. The second-order valence-corrected chi connectivity index (χ2v) is 3.09. The Bertz CT molecular complexity index is 363. The second-order valence-electron chi connectivity index (χ2n) is 3.09. The van der Waals surface area contributed by atoms with Crippen molar-refractivity contribution in [3.8, 4) is 5.75 Å². The number of anilines is 1. The molecule has 1 aromatic carbocycles. The van der Waals surface area contributed by atoms with Gasteiger partial charge in [-0.15, -0.1) is 0 Å². The summed E-state index contributed by atoms with van der Waals surface area (Å²) >= 11 is 0. The molecule has 1 amide bonds. The molecule has 4 nitrogen and oxygen atoms in total. The smallest absolute Gasteiger partial charge is 0.259 e. The van der Waals surface area contributed by atoms with Gasteiger partial charge in [-0.1, -0.05) is 0 Å². The molecule has 1 aromatic rings. The van der Waals surface area contributed by atoms with Crippen molar-refractivity contribution in [1.82, 2.24) is 5.48 Å². The fraction of sp³-hybridized carbons (Fsp3) is 0.222. The van der Waals surface area contributed by atoms with E-state index in [0.29, 0.717) is 11.4 Å². The molecule has 1 atom stereocenters. The van der Waals surface area contributed by atoms with E-state index in [1.807, 2.05) is 6.92 Å². The number of carbonyl (C=O) groups excluding carboxylic acids is 1. The number of carbonyl (C=O) groups is 1. The number of rotatable bonds is 0. The Morgan fingerprint density at radius 2 is 2.31 bits per heavy atom. The van der Waals surface area contributed by atoms with E-state index >= 15 is 0 Å². The van der Waals surface area contributed by atoms with E-state index in [2.05, 4.69) is 5.48 Å². The number of nitrogens with two attached hydrogens (primary N) is 1. The highest BCUT2D eigenvalue weighted by Gasteiger charge is 2.24. The number of benzene rings is 1. The average molecular weight is 178 g/mol. The van der Waals surface area contributed by atoms with E-state index in [-0.39, 0.29) is 11.8 Å². The molecule has 0 aromatic heterocycles. The first-order chi connectivity index (χ1) is 6.18. The number of hydrogen-bond donors (Lipinski definition) is 2. The van der Waals surface area contributed by atoms with Gasteiger partial charge >= 0.3 is 0 Å². The average Bonchev–Trinajstić information content (AvgIpc) is 2.12. The lowest BCUT2D eigenvalue weighted by Crippen LogP contribution is -2.35. The molecule has 0 bridgehead atoms. The fourth-order valence-corrected chi connectivity index (χ4v) is 1.33. The lowest BCUT2D eigenvalue weighted by Gasteiger charge is -2.22. The van der Waals surface area contributed by atoms with Gasteiger partial charge in [0.05, 0.1) is 5.92 Å². The zero-order valence-electron chi connectivity index (χ0n) is 7.20. The molecule has 1 aliphatic rings. The molecule has 4 heteroatoms. The van der Waals surface area contributed by atoms with Crippen LogP contribution >= 0.6 is 0 Å². The van der Waals surface area contributed by atoms with Gasteiger partial charge in [0.25, 0.3) is 5.91 Å². The Morgan fingerprint density at radius 1 is 1.54 bits per heavy atom. The predicted octanol–water partition coefficient (Wildman–Crippen LogP) is 0.796. The Morgan fingerprint density at radius 3 is 3.08 bits per heavy atom. The molecule has 0 saturated heterocycles. The molecule has 3 N–H and O–H groups in total. The van der Waals surface area contributed by atoms with E-state index in [9.17, 15) is 4.79 Å². The van der Waals surface area contributed by atoms with Gasteiger partial charge in [0.2, 0.25) is 0 Å². The normalized spacial score (nSPS) is 20.1. The molecule has 13 heavy (non-hydrogen) atoms. The van der Waals surface area contributed by atoms with Crippen molar-refractivity contribution in [3.63, 3.8) is 0 Å². The molecule has 2 rings (SSSR count). The highest BCUT2D eigenvalue weighted by Crippen LogP contribution is 2.31. The van der Waals surface area contributed by atoms with Crippen LogP contribution in [0.25, 0.3) is 0 Å². The minimum Gasteiger partial charge on any atom is -0.399 e. The van der Waals surface area contributed by atoms with Crippen LogP contribution in [0, 0.1) is 0 Å². The van der Waals surface area contributed by atoms with Crippen molar-refractivity contribution >= 4 is 11.6 Å². The van der Waals surface area contributed by atoms with E-state index in [0.717, 1.165) is 5.56 Å². The minimum atomic E-state index is -0.202. The van der Waals surface area contributed by atoms with Gasteiger partial charge in [0, 0.05) is 11.3 Å². The Labute approximate surface area is 75.6 Å². The molecule has 0 spiro atoms. The highest BCUT2D eigenvalue weighted by molar-refractivity contribution is 5.85. The van der Waals surface area contributed by atoms with E-state index in [1.54, 1.807) is 18.2 Å². The Kier molecular flexibility index (Phi) is 1.62. The molecule has 1 unspecified atom stereocenters. The molecule has 0 saturated carbocycles. The molecule has 0 radical (unpaired) electrons. The summed E-state index contributed by atoms with van der Waals surface area (Å²) in [6.45, 7) is 1.82. The first-order valence-electron chi connectivity index (χ1n) is 4.04. The van der Waals surface area contributed by atoms with Crippen LogP contribution in [0.1, 0.15) is 18.4 Å². The molecule has 0 fully saturated rings. The summed E-state index contributed by atoms with van der Waals surface area (Å²) in [5, 5.41) is 0. The highest BCUT2D eigenvalue weighted by atomic mass is 16.7. The lowest BCUT2D eigenvalue weighted by molar-refractivity contribution is -0.130. The summed E-state index contributed by atoms with van der Waals surface area (Å²) in [7, 11) is 0. The van der Waals surface area contributed by atoms with Crippen molar-refractivity contribution < 1.29 is 9.63 Å².